The molecule has 0 aliphatic carbocycles. The molecule has 30 heavy (non-hydrogen) atoms. The molecule has 0 amide bonds. The van der Waals surface area contributed by atoms with Gasteiger partial charge in [0.05, 0.1) is 30.9 Å². The van der Waals surface area contributed by atoms with Crippen molar-refractivity contribution in [1.29, 1.82) is 0 Å². The standard InChI is InChI=1S/C20H20ClN3O5S/c1-26-11-4-2-10(3-5-11)9-30-19-12(21)6-13-18(23-19)24-20(22-13)29-15-8-28-16-14(25)7-27-17(15)16/h2-6,14-17,25H,7-9H2,1H3,(H,22,23,24)/t14-,15-,16-,17-/m1/s1. The lowest BCUT2D eigenvalue weighted by molar-refractivity contribution is 0.00706. The average Bonchev–Trinajstić information content (AvgIpc) is 3.44. The van der Waals surface area contributed by atoms with E-state index in [-0.39, 0.29) is 24.9 Å². The number of hydrogen-bond donors (Lipinski definition) is 2. The third-order valence-corrected chi connectivity index (χ3v) is 6.61. The zero-order chi connectivity index (χ0) is 20.7. The molecule has 2 aliphatic rings. The van der Waals surface area contributed by atoms with Crippen molar-refractivity contribution in [2.75, 3.05) is 20.3 Å². The number of rotatable bonds is 6. The smallest absolute Gasteiger partial charge is 0.296 e. The molecule has 0 bridgehead atoms. The molecule has 4 atom stereocenters. The fraction of sp³-hybridized carbons (Fsp3) is 0.400. The Morgan fingerprint density at radius 2 is 2.00 bits per heavy atom. The molecule has 2 aliphatic heterocycles. The van der Waals surface area contributed by atoms with Crippen LogP contribution in [0.1, 0.15) is 5.56 Å². The largest absolute Gasteiger partial charge is 0.497 e. The molecule has 0 saturated carbocycles. The first kappa shape index (κ1) is 19.9. The number of pyridine rings is 1. The van der Waals surface area contributed by atoms with E-state index in [9.17, 15) is 5.11 Å². The van der Waals surface area contributed by atoms with Gasteiger partial charge in [0.25, 0.3) is 6.01 Å². The van der Waals surface area contributed by atoms with Crippen LogP contribution >= 0.6 is 23.4 Å². The van der Waals surface area contributed by atoms with Crippen LogP contribution in [-0.4, -0.2) is 64.8 Å². The van der Waals surface area contributed by atoms with Gasteiger partial charge in [-0.2, -0.15) is 4.98 Å². The lowest BCUT2D eigenvalue weighted by Gasteiger charge is -2.15. The van der Waals surface area contributed by atoms with E-state index in [4.69, 9.17) is 30.5 Å². The number of fused-ring (bicyclic) bond motifs is 2. The van der Waals surface area contributed by atoms with Crippen molar-refractivity contribution in [2.45, 2.75) is 35.2 Å². The topological polar surface area (TPSA) is 98.7 Å². The van der Waals surface area contributed by atoms with E-state index in [0.29, 0.717) is 33.8 Å². The van der Waals surface area contributed by atoms with Gasteiger partial charge in [0.15, 0.2) is 11.8 Å². The molecule has 4 heterocycles. The van der Waals surface area contributed by atoms with Crippen LogP contribution in [0.4, 0.5) is 0 Å². The predicted octanol–water partition coefficient (Wildman–Crippen LogP) is 2.82. The van der Waals surface area contributed by atoms with Crippen molar-refractivity contribution in [3.05, 3.63) is 40.9 Å². The number of aromatic amines is 1. The summed E-state index contributed by atoms with van der Waals surface area (Å²) in [5, 5.41) is 11.1. The van der Waals surface area contributed by atoms with Crippen molar-refractivity contribution >= 4 is 34.5 Å². The Morgan fingerprint density at radius 3 is 2.80 bits per heavy atom. The second-order valence-electron chi connectivity index (χ2n) is 7.14. The third-order valence-electron chi connectivity index (χ3n) is 5.15. The second-order valence-corrected chi connectivity index (χ2v) is 8.52. The minimum absolute atomic E-state index is 0.251. The summed E-state index contributed by atoms with van der Waals surface area (Å²) in [7, 11) is 1.65. The van der Waals surface area contributed by atoms with Gasteiger partial charge in [-0.05, 0) is 23.8 Å². The minimum Gasteiger partial charge on any atom is -0.497 e. The average molecular weight is 450 g/mol. The zero-order valence-corrected chi connectivity index (χ0v) is 17.7. The Labute approximate surface area is 181 Å². The van der Waals surface area contributed by atoms with Crippen molar-refractivity contribution in [3.8, 4) is 11.8 Å². The van der Waals surface area contributed by atoms with Gasteiger partial charge >= 0.3 is 0 Å². The van der Waals surface area contributed by atoms with Gasteiger partial charge in [-0.1, -0.05) is 23.7 Å². The Hall–Kier alpha value is -2.04. The van der Waals surface area contributed by atoms with Crippen LogP contribution in [0.3, 0.4) is 0 Å². The van der Waals surface area contributed by atoms with E-state index < -0.39 is 6.10 Å². The number of imidazole rings is 1. The second kappa shape index (κ2) is 8.24. The number of thioether (sulfide) groups is 1. The third kappa shape index (κ3) is 3.83. The first-order valence-electron chi connectivity index (χ1n) is 9.50. The summed E-state index contributed by atoms with van der Waals surface area (Å²) in [4.78, 5) is 12.1. The quantitative estimate of drug-likeness (QED) is 0.554. The number of methoxy groups -OCH3 is 1. The van der Waals surface area contributed by atoms with E-state index in [0.717, 1.165) is 17.1 Å². The zero-order valence-electron chi connectivity index (χ0n) is 16.1. The molecule has 8 nitrogen and oxygen atoms in total. The molecule has 0 spiro atoms. The molecule has 2 saturated heterocycles. The Bertz CT molecular complexity index is 1050. The van der Waals surface area contributed by atoms with Crippen LogP contribution in [0.2, 0.25) is 5.02 Å². The van der Waals surface area contributed by atoms with E-state index in [1.165, 1.54) is 11.8 Å². The molecule has 3 aromatic rings. The lowest BCUT2D eigenvalue weighted by atomic mass is 10.1. The van der Waals surface area contributed by atoms with Crippen LogP contribution in [0.25, 0.3) is 11.2 Å². The molecule has 2 aromatic heterocycles. The van der Waals surface area contributed by atoms with E-state index in [1.807, 2.05) is 24.3 Å². The first-order valence-corrected chi connectivity index (χ1v) is 10.9. The van der Waals surface area contributed by atoms with Gasteiger partial charge in [0.1, 0.15) is 29.1 Å². The highest BCUT2D eigenvalue weighted by Crippen LogP contribution is 2.33. The van der Waals surface area contributed by atoms with E-state index in [2.05, 4.69) is 15.0 Å². The van der Waals surface area contributed by atoms with Crippen LogP contribution in [0.5, 0.6) is 11.8 Å². The highest BCUT2D eigenvalue weighted by Gasteiger charge is 2.48. The molecular formula is C20H20ClN3O5S. The number of ether oxygens (including phenoxy) is 4. The highest BCUT2D eigenvalue weighted by atomic mass is 35.5. The van der Waals surface area contributed by atoms with Gasteiger partial charge in [-0.25, -0.2) is 4.98 Å². The summed E-state index contributed by atoms with van der Waals surface area (Å²) < 4.78 is 22.3. The fourth-order valence-corrected chi connectivity index (χ4v) is 4.76. The summed E-state index contributed by atoms with van der Waals surface area (Å²) in [6.07, 6.45) is -1.62. The maximum atomic E-state index is 9.86. The maximum Gasteiger partial charge on any atom is 0.296 e. The van der Waals surface area contributed by atoms with E-state index >= 15 is 0 Å². The Kier molecular flexibility index (Phi) is 5.46. The number of hydrogen-bond acceptors (Lipinski definition) is 8. The SMILES string of the molecule is COc1ccc(CSc2nc3nc(O[C@@H]4CO[C@H]5[C@@H]4OC[C@H]5O)[nH]c3cc2Cl)cc1. The molecule has 2 fully saturated rings. The van der Waals surface area contributed by atoms with Crippen LogP contribution < -0.4 is 9.47 Å². The number of aliphatic hydroxyl groups is 1. The Morgan fingerprint density at radius 1 is 1.20 bits per heavy atom. The van der Waals surface area contributed by atoms with Crippen molar-refractivity contribution < 1.29 is 24.1 Å². The molecule has 158 valence electrons. The lowest BCUT2D eigenvalue weighted by Crippen LogP contribution is -2.34. The fourth-order valence-electron chi connectivity index (χ4n) is 3.60. The van der Waals surface area contributed by atoms with Gasteiger partial charge in [0, 0.05) is 5.75 Å². The predicted molar refractivity (Wildman–Crippen MR) is 111 cm³/mol. The molecule has 1 aromatic carbocycles. The highest BCUT2D eigenvalue weighted by molar-refractivity contribution is 7.98. The monoisotopic (exact) mass is 449 g/mol. The van der Waals surface area contributed by atoms with Crippen LogP contribution in [-0.2, 0) is 15.2 Å². The number of halogens is 1. The van der Waals surface area contributed by atoms with Gasteiger partial charge < -0.3 is 29.0 Å². The maximum absolute atomic E-state index is 9.86. The van der Waals surface area contributed by atoms with Crippen LogP contribution in [0, 0.1) is 0 Å². The summed E-state index contributed by atoms with van der Waals surface area (Å²) in [5.74, 6) is 1.54. The van der Waals surface area contributed by atoms with Crippen molar-refractivity contribution in [1.82, 2.24) is 15.0 Å². The normalized spacial score (nSPS) is 25.6. The number of nitrogens with zero attached hydrogens (tertiary/aromatic N) is 2. The number of benzene rings is 1. The van der Waals surface area contributed by atoms with Crippen LogP contribution in [0.15, 0.2) is 35.4 Å². The van der Waals surface area contributed by atoms with Crippen molar-refractivity contribution in [3.63, 3.8) is 0 Å². The molecular weight excluding hydrogens is 430 g/mol. The summed E-state index contributed by atoms with van der Waals surface area (Å²) in [6, 6.07) is 10.00. The van der Waals surface area contributed by atoms with Gasteiger partial charge in [-0.3, -0.25) is 0 Å². The minimum atomic E-state index is -0.620. The van der Waals surface area contributed by atoms with Gasteiger partial charge in [0.2, 0.25) is 0 Å². The molecule has 5 rings (SSSR count). The Balaban J connectivity index is 1.29. The molecule has 10 heteroatoms. The van der Waals surface area contributed by atoms with Gasteiger partial charge in [-0.15, -0.1) is 11.8 Å². The molecule has 2 N–H and O–H groups in total. The van der Waals surface area contributed by atoms with Crippen molar-refractivity contribution in [2.24, 2.45) is 0 Å². The summed E-state index contributed by atoms with van der Waals surface area (Å²) in [5.41, 5.74) is 2.35. The van der Waals surface area contributed by atoms with E-state index in [1.54, 1.807) is 13.2 Å². The number of nitrogens with one attached hydrogen (secondary N) is 1. The number of aromatic nitrogens is 3. The number of H-pyrrole nitrogens is 1. The summed E-state index contributed by atoms with van der Waals surface area (Å²) in [6.45, 7) is 0.585. The molecule has 0 radical (unpaired) electrons. The molecule has 0 unspecified atom stereocenters. The number of aliphatic hydroxyl groups excluding tert-OH is 1. The first-order chi connectivity index (χ1) is 14.6. The summed E-state index contributed by atoms with van der Waals surface area (Å²) >= 11 is 7.96.